The number of carbonyl (C=O) groups is 1. The van der Waals surface area contributed by atoms with Crippen LogP contribution in [-0.4, -0.2) is 10.6 Å². The SMILES string of the molecule is N#Cc1ccccc1C(=O)C(Cl)Cl. The van der Waals surface area contributed by atoms with Crippen molar-refractivity contribution >= 4 is 29.0 Å². The zero-order valence-corrected chi connectivity index (χ0v) is 8.01. The summed E-state index contributed by atoms with van der Waals surface area (Å²) in [6.45, 7) is 0. The Kier molecular flexibility index (Phi) is 3.30. The molecule has 1 aromatic carbocycles. The van der Waals surface area contributed by atoms with Crippen molar-refractivity contribution in [2.45, 2.75) is 4.84 Å². The number of nitrogens with zero attached hydrogens (tertiary/aromatic N) is 1. The molecule has 0 heterocycles. The quantitative estimate of drug-likeness (QED) is 0.560. The summed E-state index contributed by atoms with van der Waals surface area (Å²) in [5.41, 5.74) is 0.554. The van der Waals surface area contributed by atoms with Gasteiger partial charge < -0.3 is 0 Å². The van der Waals surface area contributed by atoms with E-state index in [0.29, 0.717) is 5.56 Å². The Morgan fingerprint density at radius 2 is 2.00 bits per heavy atom. The first-order valence-corrected chi connectivity index (χ1v) is 4.35. The summed E-state index contributed by atoms with van der Waals surface area (Å²) >= 11 is 10.8. The molecule has 0 aromatic heterocycles. The van der Waals surface area contributed by atoms with E-state index >= 15 is 0 Å². The fourth-order valence-electron chi connectivity index (χ4n) is 0.913. The van der Waals surface area contributed by atoms with Crippen molar-refractivity contribution in [1.29, 1.82) is 5.26 Å². The number of rotatable bonds is 2. The van der Waals surface area contributed by atoms with Crippen molar-refractivity contribution in [2.24, 2.45) is 0 Å². The maximum absolute atomic E-state index is 11.3. The first-order valence-electron chi connectivity index (χ1n) is 3.48. The molecule has 0 fully saturated rings. The first-order chi connectivity index (χ1) is 6.16. The molecule has 0 radical (unpaired) electrons. The number of nitriles is 1. The Bertz CT molecular complexity index is 368. The van der Waals surface area contributed by atoms with Crippen molar-refractivity contribution in [3.63, 3.8) is 0 Å². The van der Waals surface area contributed by atoms with Crippen molar-refractivity contribution in [1.82, 2.24) is 0 Å². The van der Waals surface area contributed by atoms with Gasteiger partial charge in [0.25, 0.3) is 0 Å². The van der Waals surface area contributed by atoms with Crippen LogP contribution in [0.2, 0.25) is 0 Å². The minimum absolute atomic E-state index is 0.264. The number of Topliss-reactive ketones (excluding diaryl/α,β-unsaturated/α-hetero) is 1. The molecule has 13 heavy (non-hydrogen) atoms. The van der Waals surface area contributed by atoms with Gasteiger partial charge in [-0.05, 0) is 12.1 Å². The fraction of sp³-hybridized carbons (Fsp3) is 0.111. The molecule has 0 amide bonds. The van der Waals surface area contributed by atoms with Crippen LogP contribution in [-0.2, 0) is 0 Å². The third-order valence-corrected chi connectivity index (χ3v) is 1.91. The number of alkyl halides is 2. The minimum atomic E-state index is -1.12. The lowest BCUT2D eigenvalue weighted by molar-refractivity contribution is 0.101. The Hall–Kier alpha value is -1.04. The second-order valence-corrected chi connectivity index (χ2v) is 3.42. The number of ketones is 1. The van der Waals surface area contributed by atoms with E-state index in [1.807, 2.05) is 6.07 Å². The molecular weight excluding hydrogens is 209 g/mol. The van der Waals surface area contributed by atoms with E-state index in [0.717, 1.165) is 0 Å². The molecule has 0 aliphatic carbocycles. The summed E-state index contributed by atoms with van der Waals surface area (Å²) in [5, 5.41) is 8.66. The summed E-state index contributed by atoms with van der Waals surface area (Å²) in [4.78, 5) is 10.2. The van der Waals surface area contributed by atoms with Crippen LogP contribution < -0.4 is 0 Å². The van der Waals surface area contributed by atoms with Crippen LogP contribution in [0.1, 0.15) is 15.9 Å². The zero-order valence-electron chi connectivity index (χ0n) is 6.50. The van der Waals surface area contributed by atoms with Gasteiger partial charge in [-0.1, -0.05) is 35.3 Å². The monoisotopic (exact) mass is 213 g/mol. The highest BCUT2D eigenvalue weighted by molar-refractivity contribution is 6.55. The van der Waals surface area contributed by atoms with Gasteiger partial charge in [0.2, 0.25) is 0 Å². The van der Waals surface area contributed by atoms with E-state index in [4.69, 9.17) is 28.5 Å². The van der Waals surface area contributed by atoms with Gasteiger partial charge in [0, 0.05) is 5.56 Å². The van der Waals surface area contributed by atoms with Crippen molar-refractivity contribution in [3.8, 4) is 6.07 Å². The molecule has 66 valence electrons. The average Bonchev–Trinajstić information content (AvgIpc) is 2.16. The van der Waals surface area contributed by atoms with Crippen LogP contribution in [0.5, 0.6) is 0 Å². The number of carbonyl (C=O) groups excluding carboxylic acids is 1. The molecule has 0 unspecified atom stereocenters. The summed E-state index contributed by atoms with van der Waals surface area (Å²) < 4.78 is 0. The maximum Gasteiger partial charge on any atom is 0.196 e. The molecule has 0 bridgehead atoms. The molecule has 4 heteroatoms. The van der Waals surface area contributed by atoms with Crippen molar-refractivity contribution in [3.05, 3.63) is 35.4 Å². The summed E-state index contributed by atoms with van der Waals surface area (Å²) in [6, 6.07) is 8.30. The van der Waals surface area contributed by atoms with Crippen LogP contribution in [0.4, 0.5) is 0 Å². The Balaban J connectivity index is 3.15. The Morgan fingerprint density at radius 1 is 1.38 bits per heavy atom. The Labute approximate surface area is 85.7 Å². The van der Waals surface area contributed by atoms with Crippen molar-refractivity contribution < 1.29 is 4.79 Å². The predicted octanol–water partition coefficient (Wildman–Crippen LogP) is 2.54. The Morgan fingerprint density at radius 3 is 2.54 bits per heavy atom. The molecule has 1 aromatic rings. The average molecular weight is 214 g/mol. The van der Waals surface area contributed by atoms with Gasteiger partial charge in [0.15, 0.2) is 10.6 Å². The molecule has 0 saturated carbocycles. The first kappa shape index (κ1) is 10.0. The number of hydrogen-bond acceptors (Lipinski definition) is 2. The summed E-state index contributed by atoms with van der Waals surface area (Å²) in [6.07, 6.45) is 0. The number of halogens is 2. The molecular formula is C9H5Cl2NO. The van der Waals surface area contributed by atoms with Gasteiger partial charge in [-0.2, -0.15) is 5.26 Å². The van der Waals surface area contributed by atoms with Crippen LogP contribution >= 0.6 is 23.2 Å². The zero-order chi connectivity index (χ0) is 9.84. The molecule has 0 atom stereocenters. The van der Waals surface area contributed by atoms with Crippen LogP contribution in [0.15, 0.2) is 24.3 Å². The van der Waals surface area contributed by atoms with Gasteiger partial charge in [-0.25, -0.2) is 0 Å². The predicted molar refractivity (Wildman–Crippen MR) is 51.0 cm³/mol. The van der Waals surface area contributed by atoms with E-state index in [1.54, 1.807) is 18.2 Å². The second-order valence-electron chi connectivity index (χ2n) is 2.32. The molecule has 2 nitrogen and oxygen atoms in total. The summed E-state index contributed by atoms with van der Waals surface area (Å²) in [5.74, 6) is -0.444. The van der Waals surface area contributed by atoms with Gasteiger partial charge in [-0.3, -0.25) is 4.79 Å². The van der Waals surface area contributed by atoms with Crippen molar-refractivity contribution in [2.75, 3.05) is 0 Å². The lowest BCUT2D eigenvalue weighted by Crippen LogP contribution is -2.09. The van der Waals surface area contributed by atoms with Gasteiger partial charge in [0.1, 0.15) is 0 Å². The van der Waals surface area contributed by atoms with Crippen LogP contribution in [0.3, 0.4) is 0 Å². The maximum atomic E-state index is 11.3. The third kappa shape index (κ3) is 2.21. The van der Waals surface area contributed by atoms with E-state index in [9.17, 15) is 4.79 Å². The molecule has 0 aliphatic rings. The number of benzene rings is 1. The smallest absolute Gasteiger partial charge is 0.196 e. The van der Waals surface area contributed by atoms with E-state index in [-0.39, 0.29) is 5.56 Å². The van der Waals surface area contributed by atoms with Gasteiger partial charge in [-0.15, -0.1) is 0 Å². The largest absolute Gasteiger partial charge is 0.291 e. The highest BCUT2D eigenvalue weighted by atomic mass is 35.5. The molecule has 0 saturated heterocycles. The highest BCUT2D eigenvalue weighted by Crippen LogP contribution is 2.15. The highest BCUT2D eigenvalue weighted by Gasteiger charge is 2.16. The molecule has 1 rings (SSSR count). The minimum Gasteiger partial charge on any atom is -0.291 e. The van der Waals surface area contributed by atoms with E-state index in [1.165, 1.54) is 6.07 Å². The van der Waals surface area contributed by atoms with Crippen LogP contribution in [0, 0.1) is 11.3 Å². The van der Waals surface area contributed by atoms with Gasteiger partial charge >= 0.3 is 0 Å². The van der Waals surface area contributed by atoms with E-state index in [2.05, 4.69) is 0 Å². The number of hydrogen-bond donors (Lipinski definition) is 0. The summed E-state index contributed by atoms with van der Waals surface area (Å²) in [7, 11) is 0. The second kappa shape index (κ2) is 4.27. The molecule has 0 N–H and O–H groups in total. The topological polar surface area (TPSA) is 40.9 Å². The lowest BCUT2D eigenvalue weighted by Gasteiger charge is -2.01. The fourth-order valence-corrected chi connectivity index (χ4v) is 1.15. The standard InChI is InChI=1S/C9H5Cl2NO/c10-9(11)8(13)7-4-2-1-3-6(7)5-12/h1-4,9H. The molecule has 0 spiro atoms. The molecule has 0 aliphatic heterocycles. The van der Waals surface area contributed by atoms with Gasteiger partial charge in [0.05, 0.1) is 11.6 Å². The normalized spacial score (nSPS) is 9.69. The van der Waals surface area contributed by atoms with Crippen LogP contribution in [0.25, 0.3) is 0 Å². The third-order valence-electron chi connectivity index (χ3n) is 1.51. The van der Waals surface area contributed by atoms with E-state index < -0.39 is 10.6 Å². The lowest BCUT2D eigenvalue weighted by atomic mass is 10.1.